The Labute approximate surface area is 127 Å². The zero-order chi connectivity index (χ0) is 15.5. The van der Waals surface area contributed by atoms with E-state index in [9.17, 15) is 4.79 Å². The molecule has 1 N–H and O–H groups in total. The van der Waals surface area contributed by atoms with Gasteiger partial charge in [-0.3, -0.25) is 4.79 Å². The molecule has 4 nitrogen and oxygen atoms in total. The number of nitrogens with zero attached hydrogens (tertiary/aromatic N) is 1. The Hall–Kier alpha value is -1.29. The second-order valence-corrected chi connectivity index (χ2v) is 7.22. The van der Waals surface area contributed by atoms with E-state index in [1.165, 1.54) is 0 Å². The van der Waals surface area contributed by atoms with E-state index in [0.29, 0.717) is 25.4 Å². The third kappa shape index (κ3) is 5.20. The number of rotatable bonds is 4. The van der Waals surface area contributed by atoms with Crippen molar-refractivity contribution in [1.29, 1.82) is 0 Å². The Bertz CT molecular complexity index is 473. The predicted molar refractivity (Wildman–Crippen MR) is 83.7 cm³/mol. The molecule has 1 aromatic heterocycles. The maximum atomic E-state index is 12.1. The summed E-state index contributed by atoms with van der Waals surface area (Å²) in [5, 5.41) is 3.41. The van der Waals surface area contributed by atoms with Gasteiger partial charge in [0.25, 0.3) is 0 Å². The van der Waals surface area contributed by atoms with E-state index in [2.05, 4.69) is 33.0 Å². The van der Waals surface area contributed by atoms with Gasteiger partial charge >= 0.3 is 0 Å². The van der Waals surface area contributed by atoms with Crippen molar-refractivity contribution in [2.45, 2.75) is 65.6 Å². The number of nitrogens with one attached hydrogen (secondary N) is 1. The topological polar surface area (TPSA) is 45.5 Å². The van der Waals surface area contributed by atoms with Gasteiger partial charge in [0.1, 0.15) is 11.5 Å². The first-order valence-electron chi connectivity index (χ1n) is 7.94. The molecule has 1 saturated heterocycles. The standard InChI is InChI=1S/C17H28N2O2/c1-13-5-8-16(20)19(10-9-13)12-15-7-6-14(21-15)11-18-17(2,3)4/h6-7,13,18H,5,8-12H2,1-4H3. The summed E-state index contributed by atoms with van der Waals surface area (Å²) in [6, 6.07) is 3.99. The highest BCUT2D eigenvalue weighted by molar-refractivity contribution is 5.76. The molecule has 1 amide bonds. The lowest BCUT2D eigenvalue weighted by atomic mass is 10.0. The third-order valence-corrected chi connectivity index (χ3v) is 3.95. The number of hydrogen-bond acceptors (Lipinski definition) is 3. The number of hydrogen-bond donors (Lipinski definition) is 1. The van der Waals surface area contributed by atoms with Crippen LogP contribution >= 0.6 is 0 Å². The highest BCUT2D eigenvalue weighted by Gasteiger charge is 2.21. The largest absolute Gasteiger partial charge is 0.463 e. The van der Waals surface area contributed by atoms with Crippen LogP contribution in [-0.4, -0.2) is 22.9 Å². The summed E-state index contributed by atoms with van der Waals surface area (Å²) in [7, 11) is 0. The minimum atomic E-state index is 0.0733. The SMILES string of the molecule is CC1CCC(=O)N(Cc2ccc(CNC(C)(C)C)o2)CC1. The Morgan fingerprint density at radius 2 is 2.00 bits per heavy atom. The number of likely N-dealkylation sites (tertiary alicyclic amines) is 1. The summed E-state index contributed by atoms with van der Waals surface area (Å²) in [5.41, 5.74) is 0.0733. The van der Waals surface area contributed by atoms with Crippen molar-refractivity contribution in [1.82, 2.24) is 10.2 Å². The number of furan rings is 1. The smallest absolute Gasteiger partial charge is 0.222 e. The third-order valence-electron chi connectivity index (χ3n) is 3.95. The van der Waals surface area contributed by atoms with Gasteiger partial charge in [0.15, 0.2) is 0 Å². The molecule has 118 valence electrons. The Balaban J connectivity index is 1.91. The summed E-state index contributed by atoms with van der Waals surface area (Å²) < 4.78 is 5.84. The van der Waals surface area contributed by atoms with Gasteiger partial charge in [-0.05, 0) is 51.7 Å². The van der Waals surface area contributed by atoms with Gasteiger partial charge in [0.2, 0.25) is 5.91 Å². The molecule has 0 aliphatic carbocycles. The summed E-state index contributed by atoms with van der Waals surface area (Å²) in [4.78, 5) is 14.0. The molecule has 1 unspecified atom stereocenters. The molecule has 1 aliphatic heterocycles. The quantitative estimate of drug-likeness (QED) is 0.926. The van der Waals surface area contributed by atoms with Crippen LogP contribution < -0.4 is 5.32 Å². The van der Waals surface area contributed by atoms with Crippen LogP contribution in [0.3, 0.4) is 0 Å². The van der Waals surface area contributed by atoms with E-state index in [1.54, 1.807) is 0 Å². The molecule has 1 aliphatic rings. The fraction of sp³-hybridized carbons (Fsp3) is 0.706. The van der Waals surface area contributed by atoms with Crippen LogP contribution in [0.5, 0.6) is 0 Å². The van der Waals surface area contributed by atoms with E-state index >= 15 is 0 Å². The van der Waals surface area contributed by atoms with E-state index in [4.69, 9.17) is 4.42 Å². The monoisotopic (exact) mass is 292 g/mol. The minimum Gasteiger partial charge on any atom is -0.463 e. The van der Waals surface area contributed by atoms with Crippen molar-refractivity contribution in [2.24, 2.45) is 5.92 Å². The summed E-state index contributed by atoms with van der Waals surface area (Å²) in [6.07, 6.45) is 2.76. The summed E-state index contributed by atoms with van der Waals surface area (Å²) in [5.74, 6) is 2.70. The minimum absolute atomic E-state index is 0.0733. The molecule has 0 spiro atoms. The maximum Gasteiger partial charge on any atom is 0.222 e. The van der Waals surface area contributed by atoms with Crippen molar-refractivity contribution in [3.8, 4) is 0 Å². The van der Waals surface area contributed by atoms with Gasteiger partial charge in [-0.2, -0.15) is 0 Å². The lowest BCUT2D eigenvalue weighted by Crippen LogP contribution is -2.34. The van der Waals surface area contributed by atoms with Gasteiger partial charge in [-0.1, -0.05) is 6.92 Å². The average Bonchev–Trinajstić information content (AvgIpc) is 2.79. The normalized spacial score (nSPS) is 20.7. The molecule has 0 radical (unpaired) electrons. The highest BCUT2D eigenvalue weighted by atomic mass is 16.3. The van der Waals surface area contributed by atoms with E-state index in [-0.39, 0.29) is 11.4 Å². The molecule has 1 aromatic rings. The molecular formula is C17H28N2O2. The molecular weight excluding hydrogens is 264 g/mol. The summed E-state index contributed by atoms with van der Waals surface area (Å²) >= 11 is 0. The number of amides is 1. The van der Waals surface area contributed by atoms with Gasteiger partial charge < -0.3 is 14.6 Å². The Morgan fingerprint density at radius 1 is 1.29 bits per heavy atom. The van der Waals surface area contributed by atoms with Crippen LogP contribution in [0.4, 0.5) is 0 Å². The molecule has 0 bridgehead atoms. The van der Waals surface area contributed by atoms with Gasteiger partial charge in [0, 0.05) is 18.5 Å². The second kappa shape index (κ2) is 6.65. The molecule has 1 atom stereocenters. The van der Waals surface area contributed by atoms with Crippen molar-refractivity contribution in [3.05, 3.63) is 23.7 Å². The lowest BCUT2D eigenvalue weighted by Gasteiger charge is -2.20. The zero-order valence-electron chi connectivity index (χ0n) is 13.7. The molecule has 0 aromatic carbocycles. The van der Waals surface area contributed by atoms with Gasteiger partial charge in [-0.15, -0.1) is 0 Å². The molecule has 0 saturated carbocycles. The first kappa shape index (κ1) is 16.1. The Kier molecular flexibility index (Phi) is 5.09. The highest BCUT2D eigenvalue weighted by Crippen LogP contribution is 2.20. The average molecular weight is 292 g/mol. The zero-order valence-corrected chi connectivity index (χ0v) is 13.7. The van der Waals surface area contributed by atoms with Crippen molar-refractivity contribution >= 4 is 5.91 Å². The van der Waals surface area contributed by atoms with Crippen LogP contribution in [0, 0.1) is 5.92 Å². The first-order valence-corrected chi connectivity index (χ1v) is 7.94. The summed E-state index contributed by atoms with van der Waals surface area (Å²) in [6.45, 7) is 10.8. The van der Waals surface area contributed by atoms with Gasteiger partial charge in [-0.25, -0.2) is 0 Å². The van der Waals surface area contributed by atoms with Crippen LogP contribution in [0.25, 0.3) is 0 Å². The van der Waals surface area contributed by atoms with E-state index in [0.717, 1.165) is 30.9 Å². The van der Waals surface area contributed by atoms with Crippen molar-refractivity contribution < 1.29 is 9.21 Å². The van der Waals surface area contributed by atoms with Crippen molar-refractivity contribution in [2.75, 3.05) is 6.54 Å². The molecule has 1 fully saturated rings. The van der Waals surface area contributed by atoms with Crippen LogP contribution in [0.2, 0.25) is 0 Å². The maximum absolute atomic E-state index is 12.1. The fourth-order valence-electron chi connectivity index (χ4n) is 2.48. The van der Waals surface area contributed by atoms with Crippen molar-refractivity contribution in [3.63, 3.8) is 0 Å². The molecule has 21 heavy (non-hydrogen) atoms. The van der Waals surface area contributed by atoms with Crippen LogP contribution in [0.1, 0.15) is 58.5 Å². The van der Waals surface area contributed by atoms with Crippen LogP contribution in [0.15, 0.2) is 16.5 Å². The van der Waals surface area contributed by atoms with E-state index in [1.807, 2.05) is 17.0 Å². The van der Waals surface area contributed by atoms with Gasteiger partial charge in [0.05, 0.1) is 13.1 Å². The predicted octanol–water partition coefficient (Wildman–Crippen LogP) is 3.32. The Morgan fingerprint density at radius 3 is 2.71 bits per heavy atom. The number of carbonyl (C=O) groups excluding carboxylic acids is 1. The lowest BCUT2D eigenvalue weighted by molar-refractivity contribution is -0.131. The molecule has 4 heteroatoms. The molecule has 2 heterocycles. The number of carbonyl (C=O) groups is 1. The fourth-order valence-corrected chi connectivity index (χ4v) is 2.48. The van der Waals surface area contributed by atoms with E-state index < -0.39 is 0 Å². The first-order chi connectivity index (χ1) is 9.83. The second-order valence-electron chi connectivity index (χ2n) is 7.22. The molecule has 2 rings (SSSR count). The van der Waals surface area contributed by atoms with Crippen LogP contribution in [-0.2, 0) is 17.9 Å².